The fourth-order valence-electron chi connectivity index (χ4n) is 2.71. The molecule has 0 bridgehead atoms. The number of hydrogen-bond acceptors (Lipinski definition) is 3. The van der Waals surface area contributed by atoms with Crippen LogP contribution >= 0.6 is 11.6 Å². The summed E-state index contributed by atoms with van der Waals surface area (Å²) in [5.41, 5.74) is 1.90. The van der Waals surface area contributed by atoms with Gasteiger partial charge in [0.05, 0.1) is 16.6 Å². The van der Waals surface area contributed by atoms with Crippen LogP contribution in [0.5, 0.6) is 0 Å². The molecule has 0 unspecified atom stereocenters. The van der Waals surface area contributed by atoms with Gasteiger partial charge in [-0.05, 0) is 26.0 Å². The molecule has 0 saturated carbocycles. The Labute approximate surface area is 145 Å². The van der Waals surface area contributed by atoms with E-state index in [0.717, 1.165) is 11.3 Å². The van der Waals surface area contributed by atoms with E-state index >= 15 is 0 Å². The fourth-order valence-corrected chi connectivity index (χ4v) is 2.93. The molecule has 2 amide bonds. The SMILES string of the molecule is CCNC(=O)C1CN(C(=O)c2nn(-c3ccccc3Cl)cc2C)C1. The number of likely N-dealkylation sites (tertiary alicyclic amines) is 1. The highest BCUT2D eigenvalue weighted by Crippen LogP contribution is 2.23. The van der Waals surface area contributed by atoms with Gasteiger partial charge in [0.2, 0.25) is 5.91 Å². The molecule has 0 radical (unpaired) electrons. The van der Waals surface area contributed by atoms with Gasteiger partial charge in [-0.25, -0.2) is 4.68 Å². The zero-order chi connectivity index (χ0) is 17.3. The number of carbonyl (C=O) groups excluding carboxylic acids is 2. The van der Waals surface area contributed by atoms with Crippen LogP contribution in [0.25, 0.3) is 5.69 Å². The molecule has 0 atom stereocenters. The highest BCUT2D eigenvalue weighted by atomic mass is 35.5. The third-order valence-corrected chi connectivity index (χ3v) is 4.41. The van der Waals surface area contributed by atoms with Gasteiger partial charge in [-0.3, -0.25) is 9.59 Å². The Balaban J connectivity index is 1.74. The predicted molar refractivity (Wildman–Crippen MR) is 91.4 cm³/mol. The van der Waals surface area contributed by atoms with Crippen molar-refractivity contribution >= 4 is 23.4 Å². The van der Waals surface area contributed by atoms with Crippen LogP contribution in [0, 0.1) is 12.8 Å². The second-order valence-electron chi connectivity index (χ2n) is 5.86. The molecular formula is C17H19ClN4O2. The largest absolute Gasteiger partial charge is 0.356 e. The van der Waals surface area contributed by atoms with Crippen molar-refractivity contribution in [2.24, 2.45) is 5.92 Å². The highest BCUT2D eigenvalue weighted by Gasteiger charge is 2.37. The number of benzene rings is 1. The third-order valence-electron chi connectivity index (χ3n) is 4.09. The van der Waals surface area contributed by atoms with Crippen LogP contribution in [-0.2, 0) is 4.79 Å². The van der Waals surface area contributed by atoms with Crippen molar-refractivity contribution in [1.82, 2.24) is 20.0 Å². The second-order valence-corrected chi connectivity index (χ2v) is 6.27. The van der Waals surface area contributed by atoms with E-state index < -0.39 is 0 Å². The maximum atomic E-state index is 12.6. The smallest absolute Gasteiger partial charge is 0.274 e. The first-order valence-corrected chi connectivity index (χ1v) is 8.27. The fraction of sp³-hybridized carbons (Fsp3) is 0.353. The normalized spacial score (nSPS) is 14.4. The minimum atomic E-state index is -0.154. The zero-order valence-corrected chi connectivity index (χ0v) is 14.4. The first-order chi connectivity index (χ1) is 11.5. The van der Waals surface area contributed by atoms with Crippen LogP contribution < -0.4 is 5.32 Å². The molecule has 1 aromatic carbocycles. The lowest BCUT2D eigenvalue weighted by molar-refractivity contribution is -0.128. The second kappa shape index (κ2) is 6.65. The average molecular weight is 347 g/mol. The van der Waals surface area contributed by atoms with E-state index in [2.05, 4.69) is 10.4 Å². The topological polar surface area (TPSA) is 67.2 Å². The number of carbonyl (C=O) groups is 2. The van der Waals surface area contributed by atoms with Gasteiger partial charge in [-0.15, -0.1) is 0 Å². The Morgan fingerprint density at radius 3 is 2.71 bits per heavy atom. The van der Waals surface area contributed by atoms with Gasteiger partial charge >= 0.3 is 0 Å². The molecule has 2 heterocycles. The molecule has 7 heteroatoms. The number of aryl methyl sites for hydroxylation is 1. The monoisotopic (exact) mass is 346 g/mol. The molecule has 1 fully saturated rings. The number of halogens is 1. The van der Waals surface area contributed by atoms with E-state index in [4.69, 9.17) is 11.6 Å². The summed E-state index contributed by atoms with van der Waals surface area (Å²) in [6.45, 7) is 5.19. The Morgan fingerprint density at radius 2 is 2.04 bits per heavy atom. The van der Waals surface area contributed by atoms with E-state index in [0.29, 0.717) is 30.4 Å². The molecule has 1 aliphatic heterocycles. The number of rotatable bonds is 4. The Hall–Kier alpha value is -2.34. The molecule has 1 saturated heterocycles. The number of para-hydroxylation sites is 1. The van der Waals surface area contributed by atoms with Crippen molar-refractivity contribution in [3.8, 4) is 5.69 Å². The summed E-state index contributed by atoms with van der Waals surface area (Å²) in [5.74, 6) is -0.279. The molecule has 1 aromatic heterocycles. The summed E-state index contributed by atoms with van der Waals surface area (Å²) in [5, 5.41) is 7.74. The van der Waals surface area contributed by atoms with Crippen LogP contribution in [-0.4, -0.2) is 46.1 Å². The van der Waals surface area contributed by atoms with Gasteiger partial charge in [-0.2, -0.15) is 5.10 Å². The van der Waals surface area contributed by atoms with Crippen LogP contribution in [0.4, 0.5) is 0 Å². The standard InChI is InChI=1S/C17H19ClN4O2/c1-3-19-16(23)12-9-21(10-12)17(24)15-11(2)8-22(20-15)14-7-5-4-6-13(14)18/h4-8,12H,3,9-10H2,1-2H3,(H,19,23). The number of hydrogen-bond donors (Lipinski definition) is 1. The van der Waals surface area contributed by atoms with Crippen LogP contribution in [0.2, 0.25) is 5.02 Å². The van der Waals surface area contributed by atoms with Crippen molar-refractivity contribution in [2.45, 2.75) is 13.8 Å². The van der Waals surface area contributed by atoms with Crippen LogP contribution in [0.15, 0.2) is 30.5 Å². The number of nitrogens with zero attached hydrogens (tertiary/aromatic N) is 3. The van der Waals surface area contributed by atoms with Gasteiger partial charge in [0.15, 0.2) is 5.69 Å². The lowest BCUT2D eigenvalue weighted by atomic mass is 9.98. The quantitative estimate of drug-likeness (QED) is 0.921. The Morgan fingerprint density at radius 1 is 1.33 bits per heavy atom. The third kappa shape index (κ3) is 3.01. The molecule has 0 spiro atoms. The van der Waals surface area contributed by atoms with E-state index in [9.17, 15) is 9.59 Å². The van der Waals surface area contributed by atoms with Gasteiger partial charge in [0.25, 0.3) is 5.91 Å². The molecule has 2 aromatic rings. The molecule has 0 aliphatic carbocycles. The molecule has 6 nitrogen and oxygen atoms in total. The van der Waals surface area contributed by atoms with E-state index in [1.54, 1.807) is 21.8 Å². The van der Waals surface area contributed by atoms with E-state index in [-0.39, 0.29) is 17.7 Å². The summed E-state index contributed by atoms with van der Waals surface area (Å²) in [7, 11) is 0. The number of amides is 2. The summed E-state index contributed by atoms with van der Waals surface area (Å²) < 4.78 is 1.62. The van der Waals surface area contributed by atoms with Gasteiger partial charge in [0.1, 0.15) is 0 Å². The minimum absolute atomic E-state index is 0.000122. The lowest BCUT2D eigenvalue weighted by Crippen LogP contribution is -2.55. The van der Waals surface area contributed by atoms with Crippen molar-refractivity contribution in [3.05, 3.63) is 46.7 Å². The Bertz CT molecular complexity index is 781. The first kappa shape index (κ1) is 16.5. The van der Waals surface area contributed by atoms with Gasteiger partial charge in [-0.1, -0.05) is 23.7 Å². The summed E-state index contributed by atoms with van der Waals surface area (Å²) >= 11 is 6.18. The van der Waals surface area contributed by atoms with Crippen molar-refractivity contribution in [3.63, 3.8) is 0 Å². The Kier molecular flexibility index (Phi) is 4.57. The number of aromatic nitrogens is 2. The van der Waals surface area contributed by atoms with Crippen molar-refractivity contribution in [2.75, 3.05) is 19.6 Å². The molecule has 24 heavy (non-hydrogen) atoms. The number of nitrogens with one attached hydrogen (secondary N) is 1. The molecule has 126 valence electrons. The summed E-state index contributed by atoms with van der Waals surface area (Å²) in [4.78, 5) is 26.0. The summed E-state index contributed by atoms with van der Waals surface area (Å²) in [6.07, 6.45) is 1.79. The molecule has 1 N–H and O–H groups in total. The average Bonchev–Trinajstić information content (AvgIpc) is 2.88. The van der Waals surface area contributed by atoms with Crippen molar-refractivity contribution < 1.29 is 9.59 Å². The van der Waals surface area contributed by atoms with Gasteiger partial charge < -0.3 is 10.2 Å². The molecular weight excluding hydrogens is 328 g/mol. The van der Waals surface area contributed by atoms with Gasteiger partial charge in [0, 0.05) is 31.4 Å². The first-order valence-electron chi connectivity index (χ1n) is 7.89. The van der Waals surface area contributed by atoms with Crippen LogP contribution in [0.3, 0.4) is 0 Å². The van der Waals surface area contributed by atoms with Crippen LogP contribution in [0.1, 0.15) is 23.0 Å². The predicted octanol–water partition coefficient (Wildman–Crippen LogP) is 2.04. The highest BCUT2D eigenvalue weighted by molar-refractivity contribution is 6.32. The molecule has 1 aliphatic rings. The maximum Gasteiger partial charge on any atom is 0.274 e. The molecule has 3 rings (SSSR count). The van der Waals surface area contributed by atoms with Crippen molar-refractivity contribution in [1.29, 1.82) is 0 Å². The maximum absolute atomic E-state index is 12.6. The van der Waals surface area contributed by atoms with E-state index in [1.807, 2.05) is 32.0 Å². The summed E-state index contributed by atoms with van der Waals surface area (Å²) in [6, 6.07) is 7.33. The lowest BCUT2D eigenvalue weighted by Gasteiger charge is -2.37. The zero-order valence-electron chi connectivity index (χ0n) is 13.6. The minimum Gasteiger partial charge on any atom is -0.356 e. The van der Waals surface area contributed by atoms with E-state index in [1.165, 1.54) is 0 Å².